The largest absolute Gasteiger partial charge is 0.444 e. The standard InChI is InChI=1S/C26H43N3O5S/c1-8-10-19(3)27-23(31)22(20-12-9-11-18(2)17-20)29(14-15-30)24(32)21(13-16-35-7)28-25(33)34-26(4,5)6/h9,11-12,17,19,21-22,30H,8,10,13-16H2,1-7H3,(H,27,31)(H,28,33). The fraction of sp³-hybridized carbons (Fsp3) is 0.654. The molecule has 0 spiro atoms. The summed E-state index contributed by atoms with van der Waals surface area (Å²) in [6, 6.07) is 5.50. The highest BCUT2D eigenvalue weighted by molar-refractivity contribution is 7.98. The zero-order chi connectivity index (χ0) is 26.6. The van der Waals surface area contributed by atoms with Crippen LogP contribution in [0, 0.1) is 6.92 Å². The number of aliphatic hydroxyl groups is 1. The van der Waals surface area contributed by atoms with Crippen LogP contribution in [0.5, 0.6) is 0 Å². The third kappa shape index (κ3) is 10.9. The maximum atomic E-state index is 13.8. The Morgan fingerprint density at radius 2 is 1.86 bits per heavy atom. The quantitative estimate of drug-likeness (QED) is 0.373. The van der Waals surface area contributed by atoms with Gasteiger partial charge < -0.3 is 25.4 Å². The second kappa shape index (κ2) is 15.0. The van der Waals surface area contributed by atoms with Gasteiger partial charge in [0.15, 0.2) is 0 Å². The first kappa shape index (κ1) is 30.8. The molecule has 3 N–H and O–H groups in total. The minimum atomic E-state index is -0.953. The Labute approximate surface area is 214 Å². The van der Waals surface area contributed by atoms with Gasteiger partial charge in [0.1, 0.15) is 17.7 Å². The molecule has 0 fully saturated rings. The van der Waals surface area contributed by atoms with Crippen molar-refractivity contribution >= 4 is 29.7 Å². The zero-order valence-electron chi connectivity index (χ0n) is 22.2. The van der Waals surface area contributed by atoms with Crippen LogP contribution in [-0.4, -0.2) is 70.8 Å². The molecule has 0 aliphatic carbocycles. The van der Waals surface area contributed by atoms with Gasteiger partial charge >= 0.3 is 6.09 Å². The highest BCUT2D eigenvalue weighted by Crippen LogP contribution is 2.24. The maximum Gasteiger partial charge on any atom is 0.408 e. The van der Waals surface area contributed by atoms with Gasteiger partial charge in [-0.2, -0.15) is 11.8 Å². The van der Waals surface area contributed by atoms with E-state index in [2.05, 4.69) is 10.6 Å². The molecule has 0 aliphatic heterocycles. The molecular weight excluding hydrogens is 466 g/mol. The smallest absolute Gasteiger partial charge is 0.408 e. The van der Waals surface area contributed by atoms with Crippen LogP contribution in [0.3, 0.4) is 0 Å². The van der Waals surface area contributed by atoms with E-state index in [1.54, 1.807) is 38.6 Å². The van der Waals surface area contributed by atoms with Crippen LogP contribution in [-0.2, 0) is 14.3 Å². The number of rotatable bonds is 13. The van der Waals surface area contributed by atoms with Gasteiger partial charge in [-0.05, 0) is 65.0 Å². The van der Waals surface area contributed by atoms with Crippen molar-refractivity contribution in [1.82, 2.24) is 15.5 Å². The summed E-state index contributed by atoms with van der Waals surface area (Å²) in [7, 11) is 0. The monoisotopic (exact) mass is 509 g/mol. The van der Waals surface area contributed by atoms with Crippen molar-refractivity contribution in [2.45, 2.75) is 84.5 Å². The molecule has 3 unspecified atom stereocenters. The Morgan fingerprint density at radius 1 is 1.17 bits per heavy atom. The van der Waals surface area contributed by atoms with E-state index in [0.717, 1.165) is 18.4 Å². The van der Waals surface area contributed by atoms with Crippen LogP contribution >= 0.6 is 11.8 Å². The summed E-state index contributed by atoms with van der Waals surface area (Å²) in [5.74, 6) is -0.142. The first-order chi connectivity index (χ1) is 16.4. The number of aliphatic hydroxyl groups excluding tert-OH is 1. The molecule has 0 heterocycles. The summed E-state index contributed by atoms with van der Waals surface area (Å²) in [6.45, 7) is 10.8. The number of benzene rings is 1. The predicted octanol–water partition coefficient (Wildman–Crippen LogP) is 3.81. The third-order valence-electron chi connectivity index (χ3n) is 5.25. The van der Waals surface area contributed by atoms with Gasteiger partial charge in [0.2, 0.25) is 11.8 Å². The molecule has 0 saturated carbocycles. The molecule has 35 heavy (non-hydrogen) atoms. The number of hydrogen-bond acceptors (Lipinski definition) is 6. The van der Waals surface area contributed by atoms with E-state index in [0.29, 0.717) is 17.7 Å². The lowest BCUT2D eigenvalue weighted by Gasteiger charge is -2.34. The minimum absolute atomic E-state index is 0.0568. The number of amides is 3. The van der Waals surface area contributed by atoms with Crippen LogP contribution in [0.15, 0.2) is 24.3 Å². The molecule has 1 aromatic carbocycles. The van der Waals surface area contributed by atoms with Crippen molar-refractivity contribution in [3.63, 3.8) is 0 Å². The number of aryl methyl sites for hydroxylation is 1. The van der Waals surface area contributed by atoms with Gasteiger partial charge in [0.25, 0.3) is 0 Å². The van der Waals surface area contributed by atoms with Crippen LogP contribution in [0.25, 0.3) is 0 Å². The van der Waals surface area contributed by atoms with E-state index in [1.165, 1.54) is 4.90 Å². The van der Waals surface area contributed by atoms with E-state index >= 15 is 0 Å². The van der Waals surface area contributed by atoms with Gasteiger partial charge in [-0.1, -0.05) is 43.2 Å². The summed E-state index contributed by atoms with van der Waals surface area (Å²) in [4.78, 5) is 41.2. The van der Waals surface area contributed by atoms with Crippen LogP contribution in [0.4, 0.5) is 4.79 Å². The normalized spacial score (nSPS) is 13.9. The van der Waals surface area contributed by atoms with Crippen molar-refractivity contribution in [2.75, 3.05) is 25.2 Å². The fourth-order valence-electron chi connectivity index (χ4n) is 3.76. The number of ether oxygens (including phenoxy) is 1. The molecule has 0 saturated heterocycles. The minimum Gasteiger partial charge on any atom is -0.444 e. The van der Waals surface area contributed by atoms with Crippen molar-refractivity contribution in [1.29, 1.82) is 0 Å². The molecule has 3 amide bonds. The fourth-order valence-corrected chi connectivity index (χ4v) is 4.23. The highest BCUT2D eigenvalue weighted by Gasteiger charge is 2.36. The number of hydrogen-bond donors (Lipinski definition) is 3. The Kier molecular flexibility index (Phi) is 13.2. The summed E-state index contributed by atoms with van der Waals surface area (Å²) in [6.07, 6.45) is 3.28. The molecule has 3 atom stereocenters. The number of nitrogens with zero attached hydrogens (tertiary/aromatic N) is 1. The van der Waals surface area contributed by atoms with Gasteiger partial charge in [-0.25, -0.2) is 4.79 Å². The molecule has 0 bridgehead atoms. The van der Waals surface area contributed by atoms with Crippen LogP contribution in [0.2, 0.25) is 0 Å². The number of thioether (sulfide) groups is 1. The number of carbonyl (C=O) groups is 3. The Morgan fingerprint density at radius 3 is 2.40 bits per heavy atom. The second-order valence-corrected chi connectivity index (χ2v) is 10.7. The van der Waals surface area contributed by atoms with Crippen LogP contribution in [0.1, 0.15) is 71.0 Å². The molecule has 8 nitrogen and oxygen atoms in total. The Bertz CT molecular complexity index is 827. The first-order valence-corrected chi connectivity index (χ1v) is 13.6. The SMILES string of the molecule is CCCC(C)NC(=O)C(c1cccc(C)c1)N(CCO)C(=O)C(CCSC)NC(=O)OC(C)(C)C. The van der Waals surface area contributed by atoms with E-state index < -0.39 is 29.7 Å². The van der Waals surface area contributed by atoms with Crippen LogP contribution < -0.4 is 10.6 Å². The molecule has 1 aromatic rings. The summed E-state index contributed by atoms with van der Waals surface area (Å²) in [5.41, 5.74) is 0.875. The average molecular weight is 510 g/mol. The summed E-state index contributed by atoms with van der Waals surface area (Å²) in [5, 5.41) is 15.5. The maximum absolute atomic E-state index is 13.8. The summed E-state index contributed by atoms with van der Waals surface area (Å²) >= 11 is 1.55. The van der Waals surface area contributed by atoms with Crippen molar-refractivity contribution in [3.05, 3.63) is 35.4 Å². The van der Waals surface area contributed by atoms with Gasteiger partial charge in [0, 0.05) is 12.6 Å². The number of alkyl carbamates (subject to hydrolysis) is 1. The number of carbonyl (C=O) groups excluding carboxylic acids is 3. The second-order valence-electron chi connectivity index (χ2n) is 9.75. The molecule has 0 aromatic heterocycles. The van der Waals surface area contributed by atoms with E-state index in [1.807, 2.05) is 45.2 Å². The molecule has 1 rings (SSSR count). The van der Waals surface area contributed by atoms with E-state index in [4.69, 9.17) is 4.74 Å². The predicted molar refractivity (Wildman–Crippen MR) is 141 cm³/mol. The zero-order valence-corrected chi connectivity index (χ0v) is 23.0. The summed E-state index contributed by atoms with van der Waals surface area (Å²) < 4.78 is 5.37. The topological polar surface area (TPSA) is 108 Å². The lowest BCUT2D eigenvalue weighted by Crippen LogP contribution is -2.54. The molecule has 9 heteroatoms. The molecule has 0 radical (unpaired) electrons. The first-order valence-electron chi connectivity index (χ1n) is 12.2. The van der Waals surface area contributed by atoms with E-state index in [9.17, 15) is 19.5 Å². The van der Waals surface area contributed by atoms with Crippen molar-refractivity contribution in [3.8, 4) is 0 Å². The van der Waals surface area contributed by atoms with E-state index in [-0.39, 0.29) is 25.1 Å². The van der Waals surface area contributed by atoms with Gasteiger partial charge in [-0.3, -0.25) is 9.59 Å². The molecule has 0 aliphatic rings. The van der Waals surface area contributed by atoms with Gasteiger partial charge in [0.05, 0.1) is 6.61 Å². The Hall–Kier alpha value is -2.26. The highest BCUT2D eigenvalue weighted by atomic mass is 32.2. The third-order valence-corrected chi connectivity index (χ3v) is 5.90. The molecular formula is C26H43N3O5S. The Balaban J connectivity index is 3.39. The average Bonchev–Trinajstić information content (AvgIpc) is 2.74. The lowest BCUT2D eigenvalue weighted by atomic mass is 10.00. The molecule has 198 valence electrons. The van der Waals surface area contributed by atoms with Crippen molar-refractivity contribution in [2.24, 2.45) is 0 Å². The van der Waals surface area contributed by atoms with Gasteiger partial charge in [-0.15, -0.1) is 0 Å². The number of nitrogens with one attached hydrogen (secondary N) is 2. The lowest BCUT2D eigenvalue weighted by molar-refractivity contribution is -0.143. The van der Waals surface area contributed by atoms with Crippen molar-refractivity contribution < 1.29 is 24.2 Å².